The molecule has 3 aromatic rings. The molecule has 1 aliphatic carbocycles. The Morgan fingerprint density at radius 2 is 1.86 bits per heavy atom. The van der Waals surface area contributed by atoms with Gasteiger partial charge in [0.25, 0.3) is 0 Å². The first-order chi connectivity index (χ1) is 13.7. The van der Waals surface area contributed by atoms with Crippen LogP contribution < -0.4 is 9.47 Å². The summed E-state index contributed by atoms with van der Waals surface area (Å²) < 4.78 is 17.1. The molecule has 0 unspecified atom stereocenters. The Balaban J connectivity index is 1.50. The fourth-order valence-electron chi connectivity index (χ4n) is 3.72. The molecule has 0 spiro atoms. The summed E-state index contributed by atoms with van der Waals surface area (Å²) in [6.45, 7) is 2.58. The van der Waals surface area contributed by atoms with Gasteiger partial charge in [0.05, 0.1) is 7.11 Å². The number of aromatic nitrogens is 2. The standard InChI is InChI=1S/C23H26N2O3/c1-16-8-6-7-11-19(16)15-27-20-13-12-18(14-21(20)26-2)22-24-23(28-25-22)17-9-4-3-5-10-17/h6-8,11-14,17H,3-5,9-10,15H2,1-2H3. The predicted molar refractivity (Wildman–Crippen MR) is 108 cm³/mol. The molecule has 1 saturated carbocycles. The van der Waals surface area contributed by atoms with Crippen LogP contribution in [-0.4, -0.2) is 17.3 Å². The number of benzene rings is 2. The summed E-state index contributed by atoms with van der Waals surface area (Å²) in [4.78, 5) is 4.64. The lowest BCUT2D eigenvalue weighted by Gasteiger charge is -2.17. The summed E-state index contributed by atoms with van der Waals surface area (Å²) in [6, 6.07) is 14.0. The molecule has 0 N–H and O–H groups in total. The van der Waals surface area contributed by atoms with Crippen LogP contribution in [-0.2, 0) is 6.61 Å². The lowest BCUT2D eigenvalue weighted by atomic mass is 9.89. The smallest absolute Gasteiger partial charge is 0.230 e. The third-order valence-electron chi connectivity index (χ3n) is 5.46. The predicted octanol–water partition coefficient (Wildman–Crippen LogP) is 5.68. The van der Waals surface area contributed by atoms with E-state index in [2.05, 4.69) is 29.2 Å². The lowest BCUT2D eigenvalue weighted by Crippen LogP contribution is -2.04. The lowest BCUT2D eigenvalue weighted by molar-refractivity contribution is 0.284. The summed E-state index contributed by atoms with van der Waals surface area (Å²) in [5.74, 6) is 3.12. The van der Waals surface area contributed by atoms with Crippen LogP contribution in [0.3, 0.4) is 0 Å². The first kappa shape index (κ1) is 18.5. The highest BCUT2D eigenvalue weighted by Crippen LogP contribution is 2.35. The minimum atomic E-state index is 0.397. The number of nitrogens with zero attached hydrogens (tertiary/aromatic N) is 2. The molecule has 0 bridgehead atoms. The average molecular weight is 378 g/mol. The first-order valence-electron chi connectivity index (χ1n) is 9.94. The van der Waals surface area contributed by atoms with Crippen molar-refractivity contribution < 1.29 is 14.0 Å². The van der Waals surface area contributed by atoms with Crippen molar-refractivity contribution in [2.24, 2.45) is 0 Å². The Morgan fingerprint density at radius 1 is 1.04 bits per heavy atom. The molecule has 0 amide bonds. The molecule has 1 fully saturated rings. The summed E-state index contributed by atoms with van der Waals surface area (Å²) in [7, 11) is 1.64. The summed E-state index contributed by atoms with van der Waals surface area (Å²) in [6.07, 6.45) is 6.05. The van der Waals surface area contributed by atoms with Gasteiger partial charge in [-0.15, -0.1) is 0 Å². The second-order valence-electron chi connectivity index (χ2n) is 7.37. The molecule has 5 nitrogen and oxygen atoms in total. The van der Waals surface area contributed by atoms with Crippen LogP contribution in [0.25, 0.3) is 11.4 Å². The number of ether oxygens (including phenoxy) is 2. The summed E-state index contributed by atoms with van der Waals surface area (Å²) >= 11 is 0. The molecule has 0 radical (unpaired) electrons. The van der Waals surface area contributed by atoms with Crippen LogP contribution in [0.15, 0.2) is 47.0 Å². The van der Waals surface area contributed by atoms with Crippen molar-refractivity contribution in [1.82, 2.24) is 10.1 Å². The topological polar surface area (TPSA) is 57.4 Å². The Hall–Kier alpha value is -2.82. The third-order valence-corrected chi connectivity index (χ3v) is 5.46. The van der Waals surface area contributed by atoms with Gasteiger partial charge in [-0.05, 0) is 49.1 Å². The van der Waals surface area contributed by atoms with Gasteiger partial charge in [0.1, 0.15) is 6.61 Å². The van der Waals surface area contributed by atoms with Crippen molar-refractivity contribution in [3.8, 4) is 22.9 Å². The molecular formula is C23H26N2O3. The molecule has 1 heterocycles. The highest BCUT2D eigenvalue weighted by Gasteiger charge is 2.22. The quantitative estimate of drug-likeness (QED) is 0.552. The molecule has 0 saturated heterocycles. The highest BCUT2D eigenvalue weighted by molar-refractivity contribution is 5.60. The van der Waals surface area contributed by atoms with E-state index in [0.717, 1.165) is 29.9 Å². The molecule has 1 aliphatic rings. The van der Waals surface area contributed by atoms with Crippen LogP contribution in [0.4, 0.5) is 0 Å². The van der Waals surface area contributed by atoms with E-state index in [4.69, 9.17) is 14.0 Å². The summed E-state index contributed by atoms with van der Waals surface area (Å²) in [5, 5.41) is 4.19. The molecule has 1 aromatic heterocycles. The maximum Gasteiger partial charge on any atom is 0.230 e. The van der Waals surface area contributed by atoms with Crippen molar-refractivity contribution in [1.29, 1.82) is 0 Å². The van der Waals surface area contributed by atoms with Gasteiger partial charge >= 0.3 is 0 Å². The molecule has 28 heavy (non-hydrogen) atoms. The fourth-order valence-corrected chi connectivity index (χ4v) is 3.72. The number of hydrogen-bond acceptors (Lipinski definition) is 5. The van der Waals surface area contributed by atoms with E-state index in [0.29, 0.717) is 29.8 Å². The molecule has 4 rings (SSSR count). The maximum atomic E-state index is 6.00. The highest BCUT2D eigenvalue weighted by atomic mass is 16.5. The van der Waals surface area contributed by atoms with Gasteiger partial charge < -0.3 is 14.0 Å². The van der Waals surface area contributed by atoms with Crippen LogP contribution >= 0.6 is 0 Å². The Kier molecular flexibility index (Phi) is 5.60. The van der Waals surface area contributed by atoms with E-state index >= 15 is 0 Å². The largest absolute Gasteiger partial charge is 0.493 e. The maximum absolute atomic E-state index is 6.00. The number of rotatable bonds is 6. The van der Waals surface area contributed by atoms with E-state index < -0.39 is 0 Å². The Morgan fingerprint density at radius 3 is 2.64 bits per heavy atom. The van der Waals surface area contributed by atoms with Crippen molar-refractivity contribution in [2.75, 3.05) is 7.11 Å². The Bertz CT molecular complexity index is 929. The third kappa shape index (κ3) is 4.03. The fraction of sp³-hybridized carbons (Fsp3) is 0.391. The van der Waals surface area contributed by atoms with Gasteiger partial charge in [0.15, 0.2) is 11.5 Å². The average Bonchev–Trinajstić information content (AvgIpc) is 3.24. The van der Waals surface area contributed by atoms with E-state index in [-0.39, 0.29) is 0 Å². The second-order valence-corrected chi connectivity index (χ2v) is 7.37. The first-order valence-corrected chi connectivity index (χ1v) is 9.94. The van der Waals surface area contributed by atoms with Crippen molar-refractivity contribution >= 4 is 0 Å². The minimum Gasteiger partial charge on any atom is -0.493 e. The van der Waals surface area contributed by atoms with Gasteiger partial charge in [-0.25, -0.2) is 0 Å². The van der Waals surface area contributed by atoms with Crippen LogP contribution in [0.1, 0.15) is 55.0 Å². The SMILES string of the molecule is COc1cc(-c2noc(C3CCCCC3)n2)ccc1OCc1ccccc1C. The van der Waals surface area contributed by atoms with E-state index in [1.54, 1.807) is 7.11 Å². The molecule has 2 aromatic carbocycles. The molecular weight excluding hydrogens is 352 g/mol. The zero-order valence-corrected chi connectivity index (χ0v) is 16.5. The van der Waals surface area contributed by atoms with Crippen LogP contribution in [0.2, 0.25) is 0 Å². The molecule has 0 atom stereocenters. The van der Waals surface area contributed by atoms with E-state index in [1.807, 2.05) is 30.3 Å². The van der Waals surface area contributed by atoms with Crippen LogP contribution in [0.5, 0.6) is 11.5 Å². The van der Waals surface area contributed by atoms with E-state index in [1.165, 1.54) is 24.8 Å². The minimum absolute atomic E-state index is 0.397. The van der Waals surface area contributed by atoms with Gasteiger partial charge in [-0.2, -0.15) is 4.98 Å². The normalized spacial score (nSPS) is 14.8. The van der Waals surface area contributed by atoms with Gasteiger partial charge in [0, 0.05) is 11.5 Å². The van der Waals surface area contributed by atoms with Crippen molar-refractivity contribution in [3.05, 3.63) is 59.5 Å². The molecule has 5 heteroatoms. The number of aryl methyl sites for hydroxylation is 1. The zero-order valence-electron chi connectivity index (χ0n) is 16.5. The van der Waals surface area contributed by atoms with Gasteiger partial charge in [-0.3, -0.25) is 0 Å². The van der Waals surface area contributed by atoms with Crippen molar-refractivity contribution in [2.45, 2.75) is 51.6 Å². The zero-order chi connectivity index (χ0) is 19.3. The molecule has 146 valence electrons. The number of hydrogen-bond donors (Lipinski definition) is 0. The monoisotopic (exact) mass is 378 g/mol. The second kappa shape index (κ2) is 8.46. The van der Waals surface area contributed by atoms with Gasteiger partial charge in [0.2, 0.25) is 11.7 Å². The van der Waals surface area contributed by atoms with Crippen LogP contribution in [0, 0.1) is 6.92 Å². The van der Waals surface area contributed by atoms with Crippen molar-refractivity contribution in [3.63, 3.8) is 0 Å². The Labute approximate surface area is 165 Å². The van der Waals surface area contributed by atoms with E-state index in [9.17, 15) is 0 Å². The number of methoxy groups -OCH3 is 1. The molecule has 0 aliphatic heterocycles. The summed E-state index contributed by atoms with van der Waals surface area (Å²) in [5.41, 5.74) is 3.23. The van der Waals surface area contributed by atoms with Gasteiger partial charge in [-0.1, -0.05) is 48.7 Å².